The first-order valence-electron chi connectivity index (χ1n) is 5.97. The summed E-state index contributed by atoms with van der Waals surface area (Å²) in [6.45, 7) is 4.06. The van der Waals surface area contributed by atoms with Crippen molar-refractivity contribution in [1.29, 1.82) is 0 Å². The molecule has 1 aromatic carbocycles. The van der Waals surface area contributed by atoms with Crippen molar-refractivity contribution < 1.29 is 9.59 Å². The number of halogens is 1. The molecule has 0 saturated heterocycles. The predicted molar refractivity (Wildman–Crippen MR) is 79.4 cm³/mol. The minimum atomic E-state index is -0.452. The van der Waals surface area contributed by atoms with Crippen LogP contribution in [-0.2, 0) is 10.5 Å². The number of carbonyl (C=O) groups excluding carboxylic acids is 2. The standard InChI is InChI=1S/C13H17ClN2O2S/c1-3-15-13(18)16-12(17)9(2)19-8-10-4-6-11(14)7-5-10/h4-7,9H,3,8H2,1-2H3,(H2,15,16,17,18). The van der Waals surface area contributed by atoms with E-state index in [1.807, 2.05) is 24.3 Å². The Balaban J connectivity index is 2.38. The Morgan fingerprint density at radius 2 is 1.95 bits per heavy atom. The average molecular weight is 301 g/mol. The van der Waals surface area contributed by atoms with Crippen molar-refractivity contribution in [3.8, 4) is 0 Å². The van der Waals surface area contributed by atoms with Crippen molar-refractivity contribution in [2.45, 2.75) is 24.9 Å². The summed E-state index contributed by atoms with van der Waals surface area (Å²) in [6, 6.07) is 7.02. The molecule has 104 valence electrons. The lowest BCUT2D eigenvalue weighted by Gasteiger charge is -2.11. The van der Waals surface area contributed by atoms with E-state index in [-0.39, 0.29) is 11.2 Å². The highest BCUT2D eigenvalue weighted by Crippen LogP contribution is 2.19. The molecule has 1 unspecified atom stereocenters. The summed E-state index contributed by atoms with van der Waals surface area (Å²) in [5.41, 5.74) is 1.09. The summed E-state index contributed by atoms with van der Waals surface area (Å²) in [7, 11) is 0. The van der Waals surface area contributed by atoms with Crippen molar-refractivity contribution in [3.05, 3.63) is 34.9 Å². The van der Waals surface area contributed by atoms with Crippen molar-refractivity contribution in [2.24, 2.45) is 0 Å². The van der Waals surface area contributed by atoms with E-state index in [4.69, 9.17) is 11.6 Å². The van der Waals surface area contributed by atoms with Gasteiger partial charge in [0.15, 0.2) is 0 Å². The first-order chi connectivity index (χ1) is 9.02. The summed E-state index contributed by atoms with van der Waals surface area (Å²) < 4.78 is 0. The first-order valence-corrected chi connectivity index (χ1v) is 7.40. The molecule has 0 aromatic heterocycles. The Morgan fingerprint density at radius 1 is 1.32 bits per heavy atom. The number of rotatable bonds is 5. The maximum absolute atomic E-state index is 11.7. The lowest BCUT2D eigenvalue weighted by molar-refractivity contribution is -0.119. The normalized spacial score (nSPS) is 11.7. The van der Waals surface area contributed by atoms with Crippen LogP contribution in [0.4, 0.5) is 4.79 Å². The van der Waals surface area contributed by atoms with Gasteiger partial charge in [-0.05, 0) is 31.5 Å². The van der Waals surface area contributed by atoms with Gasteiger partial charge in [-0.25, -0.2) is 4.79 Å². The minimum absolute atomic E-state index is 0.287. The number of imide groups is 1. The maximum Gasteiger partial charge on any atom is 0.321 e. The molecule has 1 rings (SSSR count). The van der Waals surface area contributed by atoms with E-state index >= 15 is 0 Å². The number of carbonyl (C=O) groups is 2. The van der Waals surface area contributed by atoms with E-state index in [0.29, 0.717) is 17.3 Å². The zero-order valence-corrected chi connectivity index (χ0v) is 12.5. The molecule has 1 atom stereocenters. The Morgan fingerprint density at radius 3 is 2.53 bits per heavy atom. The number of thioether (sulfide) groups is 1. The molecular formula is C13H17ClN2O2S. The Labute approximate surface area is 122 Å². The number of benzene rings is 1. The summed E-state index contributed by atoms with van der Waals surface area (Å²) in [5.74, 6) is 0.408. The minimum Gasteiger partial charge on any atom is -0.338 e. The zero-order chi connectivity index (χ0) is 14.3. The third-order valence-corrected chi connectivity index (χ3v) is 3.82. The predicted octanol–water partition coefficient (Wildman–Crippen LogP) is 2.81. The summed E-state index contributed by atoms with van der Waals surface area (Å²) in [6.07, 6.45) is 0. The van der Waals surface area contributed by atoms with Gasteiger partial charge in [0, 0.05) is 17.3 Å². The number of hydrogen-bond acceptors (Lipinski definition) is 3. The molecule has 3 amide bonds. The molecule has 0 spiro atoms. The monoisotopic (exact) mass is 300 g/mol. The van der Waals surface area contributed by atoms with Gasteiger partial charge in [0.25, 0.3) is 0 Å². The molecule has 0 saturated carbocycles. The van der Waals surface area contributed by atoms with Crippen LogP contribution in [0.2, 0.25) is 5.02 Å². The Bertz CT molecular complexity index is 437. The molecule has 0 aliphatic rings. The maximum atomic E-state index is 11.7. The van der Waals surface area contributed by atoms with Crippen LogP contribution in [0.3, 0.4) is 0 Å². The van der Waals surface area contributed by atoms with Gasteiger partial charge >= 0.3 is 6.03 Å². The molecule has 4 nitrogen and oxygen atoms in total. The van der Waals surface area contributed by atoms with Crippen molar-refractivity contribution in [2.75, 3.05) is 6.54 Å². The summed E-state index contributed by atoms with van der Waals surface area (Å²) in [4.78, 5) is 22.9. The second kappa shape index (κ2) is 8.07. The fourth-order valence-electron chi connectivity index (χ4n) is 1.30. The quantitative estimate of drug-likeness (QED) is 0.879. The zero-order valence-electron chi connectivity index (χ0n) is 10.9. The molecule has 6 heteroatoms. The van der Waals surface area contributed by atoms with Gasteiger partial charge < -0.3 is 5.32 Å². The van der Waals surface area contributed by atoms with Crippen LogP contribution < -0.4 is 10.6 Å². The highest BCUT2D eigenvalue weighted by atomic mass is 35.5. The van der Waals surface area contributed by atoms with E-state index < -0.39 is 6.03 Å². The lowest BCUT2D eigenvalue weighted by atomic mass is 10.2. The van der Waals surface area contributed by atoms with Gasteiger partial charge in [0.1, 0.15) is 0 Å². The van der Waals surface area contributed by atoms with E-state index in [2.05, 4.69) is 10.6 Å². The van der Waals surface area contributed by atoms with Gasteiger partial charge in [0.05, 0.1) is 5.25 Å². The number of urea groups is 1. The Kier molecular flexibility index (Phi) is 6.73. The van der Waals surface area contributed by atoms with Gasteiger partial charge in [-0.2, -0.15) is 0 Å². The molecule has 2 N–H and O–H groups in total. The van der Waals surface area contributed by atoms with Gasteiger partial charge in [-0.3, -0.25) is 10.1 Å². The lowest BCUT2D eigenvalue weighted by Crippen LogP contribution is -2.42. The van der Waals surface area contributed by atoms with Gasteiger partial charge in [-0.1, -0.05) is 23.7 Å². The van der Waals surface area contributed by atoms with E-state index in [1.165, 1.54) is 11.8 Å². The highest BCUT2D eigenvalue weighted by Gasteiger charge is 2.15. The van der Waals surface area contributed by atoms with Crippen LogP contribution >= 0.6 is 23.4 Å². The highest BCUT2D eigenvalue weighted by molar-refractivity contribution is 7.99. The van der Waals surface area contributed by atoms with Crippen molar-refractivity contribution in [3.63, 3.8) is 0 Å². The molecule has 0 fully saturated rings. The average Bonchev–Trinajstić information content (AvgIpc) is 2.37. The van der Waals surface area contributed by atoms with E-state index in [0.717, 1.165) is 5.56 Å². The Hall–Kier alpha value is -1.20. The van der Waals surface area contributed by atoms with Crippen LogP contribution in [0.1, 0.15) is 19.4 Å². The van der Waals surface area contributed by atoms with Crippen LogP contribution in [0, 0.1) is 0 Å². The molecule has 0 aliphatic heterocycles. The number of nitrogens with one attached hydrogen (secondary N) is 2. The molecule has 0 heterocycles. The third kappa shape index (κ3) is 5.98. The second-order valence-corrected chi connectivity index (χ2v) is 5.69. The van der Waals surface area contributed by atoms with Crippen molar-refractivity contribution in [1.82, 2.24) is 10.6 Å². The SMILES string of the molecule is CCNC(=O)NC(=O)C(C)SCc1ccc(Cl)cc1. The van der Waals surface area contributed by atoms with Crippen LogP contribution in [-0.4, -0.2) is 23.7 Å². The van der Waals surface area contributed by atoms with Crippen LogP contribution in [0.5, 0.6) is 0 Å². The molecule has 0 aliphatic carbocycles. The molecule has 19 heavy (non-hydrogen) atoms. The van der Waals surface area contributed by atoms with Crippen molar-refractivity contribution >= 4 is 35.3 Å². The third-order valence-electron chi connectivity index (χ3n) is 2.36. The molecular weight excluding hydrogens is 284 g/mol. The fraction of sp³-hybridized carbons (Fsp3) is 0.385. The fourth-order valence-corrected chi connectivity index (χ4v) is 2.27. The van der Waals surface area contributed by atoms with E-state index in [9.17, 15) is 9.59 Å². The smallest absolute Gasteiger partial charge is 0.321 e. The second-order valence-electron chi connectivity index (χ2n) is 3.93. The number of amides is 3. The first kappa shape index (κ1) is 15.9. The van der Waals surface area contributed by atoms with Gasteiger partial charge in [0.2, 0.25) is 5.91 Å². The topological polar surface area (TPSA) is 58.2 Å². The summed E-state index contributed by atoms with van der Waals surface area (Å²) in [5, 5.41) is 5.21. The van der Waals surface area contributed by atoms with E-state index in [1.54, 1.807) is 13.8 Å². The van der Waals surface area contributed by atoms with Crippen LogP contribution in [0.25, 0.3) is 0 Å². The van der Waals surface area contributed by atoms with Gasteiger partial charge in [-0.15, -0.1) is 11.8 Å². The molecule has 0 radical (unpaired) electrons. The summed E-state index contributed by atoms with van der Waals surface area (Å²) >= 11 is 7.26. The molecule has 1 aromatic rings. The molecule has 0 bridgehead atoms. The number of hydrogen-bond donors (Lipinski definition) is 2. The van der Waals surface area contributed by atoms with Crippen LogP contribution in [0.15, 0.2) is 24.3 Å². The largest absolute Gasteiger partial charge is 0.338 e.